The fraction of sp³-hybridized carbons (Fsp3) is 0.583. The van der Waals surface area contributed by atoms with Gasteiger partial charge in [0.2, 0.25) is 0 Å². The van der Waals surface area contributed by atoms with Crippen LogP contribution in [0.4, 0.5) is 0 Å². The van der Waals surface area contributed by atoms with Gasteiger partial charge in [-0.25, -0.2) is 4.99 Å². The van der Waals surface area contributed by atoms with Crippen molar-refractivity contribution in [2.45, 2.75) is 51.6 Å². The number of piperidine rings is 1. The number of aliphatic imine (C=N–C) groups is 1. The van der Waals surface area contributed by atoms with Gasteiger partial charge in [-0.15, -0.1) is 0 Å². The molecule has 0 saturated carbocycles. The van der Waals surface area contributed by atoms with Crippen molar-refractivity contribution in [1.82, 2.24) is 24.9 Å². The second kappa shape index (κ2) is 10.1. The molecule has 0 radical (unpaired) electrons. The van der Waals surface area contributed by atoms with Gasteiger partial charge in [-0.3, -0.25) is 9.58 Å². The van der Waals surface area contributed by atoms with Gasteiger partial charge in [0.15, 0.2) is 5.96 Å². The Labute approximate surface area is 181 Å². The molecule has 0 amide bonds. The Morgan fingerprint density at radius 1 is 1.10 bits per heavy atom. The molecule has 2 aliphatic rings. The number of hydrogen-bond donors (Lipinski definition) is 1. The second-order valence-corrected chi connectivity index (χ2v) is 8.70. The maximum absolute atomic E-state index is 4.94. The van der Waals surface area contributed by atoms with E-state index in [-0.39, 0.29) is 0 Å². The van der Waals surface area contributed by atoms with E-state index in [2.05, 4.69) is 57.6 Å². The van der Waals surface area contributed by atoms with Gasteiger partial charge >= 0.3 is 0 Å². The molecule has 2 aliphatic heterocycles. The number of rotatable bonds is 6. The molecule has 6 heteroatoms. The molecule has 30 heavy (non-hydrogen) atoms. The molecular weight excluding hydrogens is 372 g/mol. The lowest BCUT2D eigenvalue weighted by molar-refractivity contribution is 0.221. The Hall–Kier alpha value is -2.34. The Morgan fingerprint density at radius 2 is 1.87 bits per heavy atom. The van der Waals surface area contributed by atoms with Crippen LogP contribution in [-0.4, -0.2) is 58.3 Å². The summed E-state index contributed by atoms with van der Waals surface area (Å²) in [6.07, 6.45) is 9.38. The van der Waals surface area contributed by atoms with Gasteiger partial charge in [0.1, 0.15) is 0 Å². The van der Waals surface area contributed by atoms with Crippen LogP contribution in [0.25, 0.3) is 0 Å². The normalized spacial score (nSPS) is 20.7. The number of nitrogens with one attached hydrogen (secondary N) is 1. The summed E-state index contributed by atoms with van der Waals surface area (Å²) in [5.41, 5.74) is 4.02. The lowest BCUT2D eigenvalue weighted by Gasteiger charge is -2.26. The van der Waals surface area contributed by atoms with Crippen molar-refractivity contribution in [2.24, 2.45) is 12.0 Å². The molecule has 0 aliphatic carbocycles. The summed E-state index contributed by atoms with van der Waals surface area (Å²) in [4.78, 5) is 9.91. The van der Waals surface area contributed by atoms with E-state index in [1.807, 2.05) is 17.9 Å². The van der Waals surface area contributed by atoms with E-state index in [9.17, 15) is 0 Å². The first-order valence-electron chi connectivity index (χ1n) is 11.5. The Bertz CT molecular complexity index is 818. The minimum absolute atomic E-state index is 0.539. The van der Waals surface area contributed by atoms with Crippen molar-refractivity contribution < 1.29 is 0 Å². The predicted octanol–water partition coefficient (Wildman–Crippen LogP) is 3.36. The van der Waals surface area contributed by atoms with E-state index in [0.717, 1.165) is 45.1 Å². The number of aryl methyl sites for hydroxylation is 1. The van der Waals surface area contributed by atoms with Crippen LogP contribution in [-0.2, 0) is 20.1 Å². The van der Waals surface area contributed by atoms with Crippen LogP contribution < -0.4 is 5.32 Å². The molecule has 162 valence electrons. The van der Waals surface area contributed by atoms with Gasteiger partial charge in [0.25, 0.3) is 0 Å². The average Bonchev–Trinajstić information content (AvgIpc) is 3.42. The highest BCUT2D eigenvalue weighted by molar-refractivity contribution is 5.80. The third kappa shape index (κ3) is 5.42. The Balaban J connectivity index is 1.34. The van der Waals surface area contributed by atoms with Crippen molar-refractivity contribution in [3.63, 3.8) is 0 Å². The van der Waals surface area contributed by atoms with Crippen LogP contribution in [0.1, 0.15) is 55.2 Å². The highest BCUT2D eigenvalue weighted by Gasteiger charge is 2.26. The van der Waals surface area contributed by atoms with Gasteiger partial charge in [-0.05, 0) is 56.0 Å². The number of likely N-dealkylation sites (tertiary alicyclic amines) is 2. The highest BCUT2D eigenvalue weighted by atomic mass is 15.3. The summed E-state index contributed by atoms with van der Waals surface area (Å²) in [6.45, 7) is 9.37. The number of aromatic nitrogens is 2. The Morgan fingerprint density at radius 3 is 2.57 bits per heavy atom. The molecule has 1 atom stereocenters. The zero-order valence-electron chi connectivity index (χ0n) is 18.6. The summed E-state index contributed by atoms with van der Waals surface area (Å²) in [6, 6.07) is 9.05. The minimum Gasteiger partial charge on any atom is -0.357 e. The molecule has 3 heterocycles. The monoisotopic (exact) mass is 408 g/mol. The molecule has 1 unspecified atom stereocenters. The summed E-state index contributed by atoms with van der Waals surface area (Å²) >= 11 is 0. The van der Waals surface area contributed by atoms with Crippen LogP contribution in [0.3, 0.4) is 0 Å². The summed E-state index contributed by atoms with van der Waals surface area (Å²) < 4.78 is 1.90. The van der Waals surface area contributed by atoms with E-state index >= 15 is 0 Å². The highest BCUT2D eigenvalue weighted by Crippen LogP contribution is 2.26. The smallest absolute Gasteiger partial charge is 0.194 e. The molecule has 1 N–H and O–H groups in total. The number of benzene rings is 1. The molecule has 4 rings (SSSR count). The van der Waals surface area contributed by atoms with Crippen LogP contribution in [0.2, 0.25) is 0 Å². The molecule has 2 saturated heterocycles. The first-order chi connectivity index (χ1) is 14.7. The fourth-order valence-corrected chi connectivity index (χ4v) is 4.59. The summed E-state index contributed by atoms with van der Waals surface area (Å²) in [5, 5.41) is 7.82. The number of nitrogens with zero attached hydrogens (tertiary/aromatic N) is 5. The summed E-state index contributed by atoms with van der Waals surface area (Å²) in [7, 11) is 1.99. The van der Waals surface area contributed by atoms with Crippen molar-refractivity contribution in [1.29, 1.82) is 0 Å². The lowest BCUT2D eigenvalue weighted by atomic mass is 10.0. The number of guanidine groups is 1. The second-order valence-electron chi connectivity index (χ2n) is 8.70. The van der Waals surface area contributed by atoms with Crippen LogP contribution >= 0.6 is 0 Å². The summed E-state index contributed by atoms with van der Waals surface area (Å²) in [5.74, 6) is 1.57. The molecule has 2 fully saturated rings. The maximum Gasteiger partial charge on any atom is 0.194 e. The van der Waals surface area contributed by atoms with Gasteiger partial charge in [-0.1, -0.05) is 30.7 Å². The van der Waals surface area contributed by atoms with Gasteiger partial charge in [0.05, 0.1) is 12.7 Å². The molecule has 0 bridgehead atoms. The standard InChI is InChI=1S/C24H36N6/c1-3-25-24(30-14-11-22(19-30)23-16-27-28(2)18-23)26-15-20-7-9-21(10-8-20)17-29-12-5-4-6-13-29/h7-10,16,18,22H,3-6,11-15,17,19H2,1-2H3,(H,25,26). The number of hydrogen-bond acceptors (Lipinski definition) is 3. The zero-order valence-corrected chi connectivity index (χ0v) is 18.6. The largest absolute Gasteiger partial charge is 0.357 e. The topological polar surface area (TPSA) is 48.7 Å². The van der Waals surface area contributed by atoms with Gasteiger partial charge in [0, 0.05) is 45.3 Å². The average molecular weight is 409 g/mol. The predicted molar refractivity (Wildman–Crippen MR) is 123 cm³/mol. The van der Waals surface area contributed by atoms with Crippen molar-refractivity contribution in [2.75, 3.05) is 32.7 Å². The van der Waals surface area contributed by atoms with Crippen molar-refractivity contribution in [3.8, 4) is 0 Å². The quantitative estimate of drug-likeness (QED) is 0.588. The van der Waals surface area contributed by atoms with Crippen LogP contribution in [0.5, 0.6) is 0 Å². The van der Waals surface area contributed by atoms with E-state index in [1.165, 1.54) is 49.0 Å². The van der Waals surface area contributed by atoms with E-state index < -0.39 is 0 Å². The molecular formula is C24H36N6. The van der Waals surface area contributed by atoms with Crippen LogP contribution in [0.15, 0.2) is 41.7 Å². The van der Waals surface area contributed by atoms with Crippen LogP contribution in [0, 0.1) is 0 Å². The first kappa shape index (κ1) is 20.9. The van der Waals surface area contributed by atoms with Gasteiger partial charge in [-0.2, -0.15) is 5.10 Å². The third-order valence-corrected chi connectivity index (χ3v) is 6.31. The van der Waals surface area contributed by atoms with E-state index in [4.69, 9.17) is 4.99 Å². The first-order valence-corrected chi connectivity index (χ1v) is 11.5. The zero-order chi connectivity index (χ0) is 20.8. The molecule has 0 spiro atoms. The third-order valence-electron chi connectivity index (χ3n) is 6.31. The maximum atomic E-state index is 4.94. The molecule has 2 aromatic rings. The fourth-order valence-electron chi connectivity index (χ4n) is 4.59. The lowest BCUT2D eigenvalue weighted by Crippen LogP contribution is -2.40. The Kier molecular flexibility index (Phi) is 7.05. The SMILES string of the molecule is CCNC(=NCc1ccc(CN2CCCCC2)cc1)N1CCC(c2cnn(C)c2)C1. The molecule has 6 nitrogen and oxygen atoms in total. The van der Waals surface area contributed by atoms with E-state index in [0.29, 0.717) is 5.92 Å². The van der Waals surface area contributed by atoms with Gasteiger partial charge < -0.3 is 10.2 Å². The van der Waals surface area contributed by atoms with Crippen molar-refractivity contribution in [3.05, 3.63) is 53.3 Å². The molecule has 1 aromatic heterocycles. The minimum atomic E-state index is 0.539. The molecule has 1 aromatic carbocycles. The van der Waals surface area contributed by atoms with E-state index in [1.54, 1.807) is 0 Å². The van der Waals surface area contributed by atoms with Crippen molar-refractivity contribution >= 4 is 5.96 Å².